The number of fused-ring (bicyclic) bond motifs is 1. The first-order valence-electron chi connectivity index (χ1n) is 9.92. The third-order valence-corrected chi connectivity index (χ3v) is 5.56. The van der Waals surface area contributed by atoms with Gasteiger partial charge in [0.25, 0.3) is 5.91 Å². The van der Waals surface area contributed by atoms with Gasteiger partial charge in [0.2, 0.25) is 0 Å². The van der Waals surface area contributed by atoms with Gasteiger partial charge in [-0.05, 0) is 28.5 Å². The molecule has 1 fully saturated rings. The molecular weight excluding hydrogens is 348 g/mol. The van der Waals surface area contributed by atoms with Crippen molar-refractivity contribution in [3.8, 4) is 0 Å². The summed E-state index contributed by atoms with van der Waals surface area (Å²) in [6, 6.07) is 22.9. The fraction of sp³-hybridized carbons (Fsp3) is 0.292. The molecule has 0 radical (unpaired) electrons. The Hall–Kier alpha value is -2.69. The van der Waals surface area contributed by atoms with Crippen molar-refractivity contribution in [2.45, 2.75) is 13.2 Å². The molecule has 28 heavy (non-hydrogen) atoms. The van der Waals surface area contributed by atoms with E-state index >= 15 is 0 Å². The SMILES string of the molecule is COCc1cccc(C(=O)N2CC[NH+](Cc3cccc4ccccc34)CC2)c1. The van der Waals surface area contributed by atoms with Gasteiger partial charge in [0, 0.05) is 18.2 Å². The van der Waals surface area contributed by atoms with E-state index in [-0.39, 0.29) is 5.91 Å². The molecule has 0 saturated carbocycles. The van der Waals surface area contributed by atoms with E-state index in [1.165, 1.54) is 21.2 Å². The maximum Gasteiger partial charge on any atom is 0.254 e. The van der Waals surface area contributed by atoms with E-state index < -0.39 is 0 Å². The Bertz CT molecular complexity index is 956. The van der Waals surface area contributed by atoms with Crippen LogP contribution in [0.5, 0.6) is 0 Å². The first-order chi connectivity index (χ1) is 13.7. The van der Waals surface area contributed by atoms with Gasteiger partial charge >= 0.3 is 0 Å². The minimum absolute atomic E-state index is 0.127. The van der Waals surface area contributed by atoms with E-state index in [1.807, 2.05) is 29.2 Å². The van der Waals surface area contributed by atoms with Gasteiger partial charge in [0.1, 0.15) is 6.54 Å². The number of piperazine rings is 1. The van der Waals surface area contributed by atoms with E-state index in [0.29, 0.717) is 6.61 Å². The zero-order chi connectivity index (χ0) is 19.3. The molecule has 1 heterocycles. The molecule has 0 atom stereocenters. The second kappa shape index (κ2) is 8.55. The number of nitrogens with zero attached hydrogens (tertiary/aromatic N) is 1. The summed E-state index contributed by atoms with van der Waals surface area (Å²) in [5, 5.41) is 2.63. The number of hydrogen-bond donors (Lipinski definition) is 1. The smallest absolute Gasteiger partial charge is 0.254 e. The Morgan fingerprint density at radius 2 is 1.75 bits per heavy atom. The highest BCUT2D eigenvalue weighted by atomic mass is 16.5. The van der Waals surface area contributed by atoms with Gasteiger partial charge in [-0.1, -0.05) is 54.6 Å². The van der Waals surface area contributed by atoms with Crippen molar-refractivity contribution in [1.29, 1.82) is 0 Å². The Balaban J connectivity index is 1.39. The number of quaternary nitrogens is 1. The summed E-state index contributed by atoms with van der Waals surface area (Å²) in [6.45, 7) is 5.09. The first-order valence-corrected chi connectivity index (χ1v) is 9.92. The average Bonchev–Trinajstić information content (AvgIpc) is 2.74. The second-order valence-corrected chi connectivity index (χ2v) is 7.49. The van der Waals surface area contributed by atoms with Gasteiger partial charge < -0.3 is 14.5 Å². The lowest BCUT2D eigenvalue weighted by atomic mass is 10.0. The number of carbonyl (C=O) groups is 1. The molecule has 3 aromatic carbocycles. The van der Waals surface area contributed by atoms with E-state index in [2.05, 4.69) is 42.5 Å². The Morgan fingerprint density at radius 3 is 2.57 bits per heavy atom. The van der Waals surface area contributed by atoms with Crippen LogP contribution in [0.4, 0.5) is 0 Å². The summed E-state index contributed by atoms with van der Waals surface area (Å²) in [4.78, 5) is 16.4. The van der Waals surface area contributed by atoms with E-state index in [0.717, 1.165) is 43.9 Å². The number of carbonyl (C=O) groups excluding carboxylic acids is 1. The highest BCUT2D eigenvalue weighted by molar-refractivity contribution is 5.94. The molecule has 4 nitrogen and oxygen atoms in total. The van der Waals surface area contributed by atoms with Crippen LogP contribution in [-0.4, -0.2) is 44.1 Å². The van der Waals surface area contributed by atoms with E-state index in [9.17, 15) is 4.79 Å². The van der Waals surface area contributed by atoms with Gasteiger partial charge in [-0.3, -0.25) is 4.79 Å². The maximum atomic E-state index is 12.9. The van der Waals surface area contributed by atoms with Crippen LogP contribution in [0.3, 0.4) is 0 Å². The lowest BCUT2D eigenvalue weighted by molar-refractivity contribution is -0.917. The maximum absolute atomic E-state index is 12.9. The third kappa shape index (κ3) is 4.08. The van der Waals surface area contributed by atoms with Gasteiger partial charge in [0.05, 0.1) is 32.8 Å². The number of amides is 1. The lowest BCUT2D eigenvalue weighted by Gasteiger charge is -2.32. The largest absolute Gasteiger partial charge is 0.380 e. The molecular formula is C24H27N2O2+. The molecule has 1 amide bonds. The number of benzene rings is 3. The van der Waals surface area contributed by atoms with Gasteiger partial charge in [-0.2, -0.15) is 0 Å². The minimum Gasteiger partial charge on any atom is -0.380 e. The summed E-state index contributed by atoms with van der Waals surface area (Å²) >= 11 is 0. The zero-order valence-corrected chi connectivity index (χ0v) is 16.4. The van der Waals surface area contributed by atoms with Crippen molar-refractivity contribution < 1.29 is 14.4 Å². The molecule has 1 aliphatic rings. The number of methoxy groups -OCH3 is 1. The minimum atomic E-state index is 0.127. The summed E-state index contributed by atoms with van der Waals surface area (Å²) in [6.07, 6.45) is 0. The van der Waals surface area contributed by atoms with Crippen LogP contribution in [0.1, 0.15) is 21.5 Å². The van der Waals surface area contributed by atoms with Crippen LogP contribution in [0.2, 0.25) is 0 Å². The molecule has 0 bridgehead atoms. The quantitative estimate of drug-likeness (QED) is 0.744. The summed E-state index contributed by atoms with van der Waals surface area (Å²) in [5.41, 5.74) is 3.18. The van der Waals surface area contributed by atoms with Gasteiger partial charge in [-0.15, -0.1) is 0 Å². The summed E-state index contributed by atoms with van der Waals surface area (Å²) < 4.78 is 5.18. The number of rotatable bonds is 5. The molecule has 0 aromatic heterocycles. The van der Waals surface area contributed by atoms with Crippen molar-refractivity contribution in [2.24, 2.45) is 0 Å². The zero-order valence-electron chi connectivity index (χ0n) is 16.4. The molecule has 0 unspecified atom stereocenters. The van der Waals surface area contributed by atoms with Crippen LogP contribution in [0.15, 0.2) is 66.7 Å². The van der Waals surface area contributed by atoms with Gasteiger partial charge in [-0.25, -0.2) is 0 Å². The van der Waals surface area contributed by atoms with Crippen LogP contribution in [0, 0.1) is 0 Å². The van der Waals surface area contributed by atoms with Crippen LogP contribution >= 0.6 is 0 Å². The standard InChI is InChI=1S/C24H26N2O2/c1-28-18-19-6-4-9-21(16-19)24(27)26-14-12-25(13-15-26)17-22-10-5-8-20-7-2-3-11-23(20)22/h2-11,16H,12-15,17-18H2,1H3/p+1. The highest BCUT2D eigenvalue weighted by Gasteiger charge is 2.25. The molecule has 1 saturated heterocycles. The van der Waals surface area contributed by atoms with Crippen molar-refractivity contribution in [1.82, 2.24) is 4.90 Å². The molecule has 0 aliphatic carbocycles. The van der Waals surface area contributed by atoms with Crippen molar-refractivity contribution in [2.75, 3.05) is 33.3 Å². The highest BCUT2D eigenvalue weighted by Crippen LogP contribution is 2.17. The molecule has 1 N–H and O–H groups in total. The first kappa shape index (κ1) is 18.7. The van der Waals surface area contributed by atoms with Crippen LogP contribution < -0.4 is 4.90 Å². The van der Waals surface area contributed by atoms with E-state index in [1.54, 1.807) is 7.11 Å². The number of ether oxygens (including phenoxy) is 1. The fourth-order valence-electron chi connectivity index (χ4n) is 4.06. The van der Waals surface area contributed by atoms with Crippen LogP contribution in [-0.2, 0) is 17.9 Å². The Morgan fingerprint density at radius 1 is 1.00 bits per heavy atom. The Kier molecular flexibility index (Phi) is 5.70. The van der Waals surface area contributed by atoms with Gasteiger partial charge in [0.15, 0.2) is 0 Å². The predicted octanol–water partition coefficient (Wildman–Crippen LogP) is 2.53. The molecule has 3 aromatic rings. The predicted molar refractivity (Wildman–Crippen MR) is 111 cm³/mol. The molecule has 4 heteroatoms. The molecule has 0 spiro atoms. The van der Waals surface area contributed by atoms with Crippen molar-refractivity contribution in [3.63, 3.8) is 0 Å². The topological polar surface area (TPSA) is 34.0 Å². The second-order valence-electron chi connectivity index (χ2n) is 7.49. The molecule has 1 aliphatic heterocycles. The fourth-order valence-corrected chi connectivity index (χ4v) is 4.06. The Labute approximate surface area is 166 Å². The number of hydrogen-bond acceptors (Lipinski definition) is 2. The monoisotopic (exact) mass is 375 g/mol. The third-order valence-electron chi connectivity index (χ3n) is 5.56. The molecule has 4 rings (SSSR count). The summed E-state index contributed by atoms with van der Waals surface area (Å²) in [7, 11) is 1.67. The number of nitrogens with one attached hydrogen (secondary N) is 1. The molecule has 144 valence electrons. The van der Waals surface area contributed by atoms with Crippen molar-refractivity contribution in [3.05, 3.63) is 83.4 Å². The normalized spacial score (nSPS) is 15.1. The lowest BCUT2D eigenvalue weighted by Crippen LogP contribution is -3.13. The van der Waals surface area contributed by atoms with Crippen molar-refractivity contribution >= 4 is 16.7 Å². The summed E-state index contributed by atoms with van der Waals surface area (Å²) in [5.74, 6) is 0.127. The van der Waals surface area contributed by atoms with Crippen LogP contribution in [0.25, 0.3) is 10.8 Å². The average molecular weight is 375 g/mol. The van der Waals surface area contributed by atoms with E-state index in [4.69, 9.17) is 4.74 Å².